The van der Waals surface area contributed by atoms with E-state index in [0.717, 1.165) is 32.2 Å². The van der Waals surface area contributed by atoms with Gasteiger partial charge in [-0.2, -0.15) is 0 Å². The van der Waals surface area contributed by atoms with Gasteiger partial charge in [0, 0.05) is 11.4 Å². The van der Waals surface area contributed by atoms with E-state index >= 15 is 0 Å². The van der Waals surface area contributed by atoms with Gasteiger partial charge in [0.05, 0.1) is 6.61 Å². The molecule has 19 heavy (non-hydrogen) atoms. The summed E-state index contributed by atoms with van der Waals surface area (Å²) < 4.78 is 5.29. The number of carbonyl (C=O) groups excluding carboxylic acids is 1. The second kappa shape index (κ2) is 6.53. The van der Waals surface area contributed by atoms with Crippen molar-refractivity contribution in [2.45, 2.75) is 51.6 Å². The van der Waals surface area contributed by atoms with Crippen LogP contribution in [-0.4, -0.2) is 18.1 Å². The van der Waals surface area contributed by atoms with E-state index in [-0.39, 0.29) is 5.97 Å². The predicted molar refractivity (Wildman–Crippen MR) is 78.2 cm³/mol. The van der Waals surface area contributed by atoms with Gasteiger partial charge in [-0.25, -0.2) is 0 Å². The first kappa shape index (κ1) is 14.5. The highest BCUT2D eigenvalue weighted by atomic mass is 32.1. The molecule has 0 radical (unpaired) electrons. The molecule has 106 valence electrons. The third-order valence-corrected chi connectivity index (χ3v) is 4.85. The molecule has 0 bridgehead atoms. The zero-order valence-electron chi connectivity index (χ0n) is 11.8. The fourth-order valence-corrected chi connectivity index (χ4v) is 3.29. The summed E-state index contributed by atoms with van der Waals surface area (Å²) in [6, 6.07) is 4.14. The van der Waals surface area contributed by atoms with Crippen LogP contribution in [0, 0.1) is 5.92 Å². The van der Waals surface area contributed by atoms with Crippen molar-refractivity contribution >= 4 is 17.3 Å². The molecule has 0 amide bonds. The van der Waals surface area contributed by atoms with Crippen LogP contribution in [0.25, 0.3) is 0 Å². The van der Waals surface area contributed by atoms with Gasteiger partial charge in [0.1, 0.15) is 5.54 Å². The van der Waals surface area contributed by atoms with Gasteiger partial charge in [-0.1, -0.05) is 13.0 Å². The van der Waals surface area contributed by atoms with Gasteiger partial charge >= 0.3 is 5.97 Å². The van der Waals surface area contributed by atoms with Gasteiger partial charge in [0.2, 0.25) is 0 Å². The van der Waals surface area contributed by atoms with Crippen LogP contribution in [0.15, 0.2) is 17.5 Å². The van der Waals surface area contributed by atoms with Gasteiger partial charge in [-0.15, -0.1) is 11.3 Å². The summed E-state index contributed by atoms with van der Waals surface area (Å²) in [5.41, 5.74) is -0.466. The summed E-state index contributed by atoms with van der Waals surface area (Å²) in [6.07, 6.45) is 3.96. The largest absolute Gasteiger partial charge is 0.465 e. The Labute approximate surface area is 119 Å². The molecule has 0 aliphatic heterocycles. The summed E-state index contributed by atoms with van der Waals surface area (Å²) in [5, 5.41) is 5.54. The number of thiophene rings is 1. The lowest BCUT2D eigenvalue weighted by molar-refractivity contribution is -0.153. The molecule has 1 N–H and O–H groups in total. The van der Waals surface area contributed by atoms with Crippen molar-refractivity contribution in [2.75, 3.05) is 6.61 Å². The molecule has 0 atom stereocenters. The van der Waals surface area contributed by atoms with Crippen molar-refractivity contribution in [3.8, 4) is 0 Å². The Bertz CT molecular complexity index is 394. The average Bonchev–Trinajstić information content (AvgIpc) is 2.92. The first-order valence-corrected chi connectivity index (χ1v) is 7.99. The number of ether oxygens (including phenoxy) is 1. The summed E-state index contributed by atoms with van der Waals surface area (Å²) in [6.45, 7) is 5.34. The van der Waals surface area contributed by atoms with E-state index in [2.05, 4.69) is 23.7 Å². The number of rotatable bonds is 5. The maximum Gasteiger partial charge on any atom is 0.326 e. The Balaban J connectivity index is 2.03. The third kappa shape index (κ3) is 3.57. The molecule has 2 rings (SSSR count). The fourth-order valence-electron chi connectivity index (χ4n) is 2.65. The molecule has 1 aromatic rings. The molecule has 1 aromatic heterocycles. The molecule has 1 aliphatic carbocycles. The summed E-state index contributed by atoms with van der Waals surface area (Å²) >= 11 is 1.72. The molecule has 1 fully saturated rings. The number of carbonyl (C=O) groups is 1. The van der Waals surface area contributed by atoms with Crippen LogP contribution in [-0.2, 0) is 16.1 Å². The maximum atomic E-state index is 12.3. The van der Waals surface area contributed by atoms with Gasteiger partial charge in [0.25, 0.3) is 0 Å². The molecule has 1 saturated carbocycles. The molecule has 0 spiro atoms. The summed E-state index contributed by atoms with van der Waals surface area (Å²) in [4.78, 5) is 13.6. The zero-order valence-corrected chi connectivity index (χ0v) is 12.6. The average molecular weight is 281 g/mol. The van der Waals surface area contributed by atoms with Crippen molar-refractivity contribution in [3.63, 3.8) is 0 Å². The highest BCUT2D eigenvalue weighted by molar-refractivity contribution is 7.09. The minimum absolute atomic E-state index is 0.0709. The molecule has 4 heteroatoms. The van der Waals surface area contributed by atoms with Crippen molar-refractivity contribution < 1.29 is 9.53 Å². The number of hydrogen-bond acceptors (Lipinski definition) is 4. The second-order valence-corrected chi connectivity index (χ2v) is 6.45. The van der Waals surface area contributed by atoms with Crippen molar-refractivity contribution in [1.29, 1.82) is 0 Å². The van der Waals surface area contributed by atoms with E-state index in [1.54, 1.807) is 11.3 Å². The molecule has 1 aliphatic rings. The van der Waals surface area contributed by atoms with E-state index in [4.69, 9.17) is 4.74 Å². The van der Waals surface area contributed by atoms with Gasteiger partial charge < -0.3 is 4.74 Å². The lowest BCUT2D eigenvalue weighted by atomic mass is 9.77. The molecular formula is C15H23NO2S. The minimum Gasteiger partial charge on any atom is -0.465 e. The van der Waals surface area contributed by atoms with Crippen molar-refractivity contribution in [3.05, 3.63) is 22.4 Å². The zero-order chi connectivity index (χ0) is 13.7. The SMILES string of the molecule is CCOC(=O)C1(NCc2cccs2)CCC(C)CC1. The van der Waals surface area contributed by atoms with E-state index < -0.39 is 5.54 Å². The first-order valence-electron chi connectivity index (χ1n) is 7.11. The number of nitrogens with one attached hydrogen (secondary N) is 1. The van der Waals surface area contributed by atoms with Crippen LogP contribution in [0.3, 0.4) is 0 Å². The Hall–Kier alpha value is -0.870. The van der Waals surface area contributed by atoms with E-state index in [1.165, 1.54) is 4.88 Å². The van der Waals surface area contributed by atoms with Gasteiger partial charge in [-0.05, 0) is 50.0 Å². The third-order valence-electron chi connectivity index (χ3n) is 3.98. The van der Waals surface area contributed by atoms with Gasteiger partial charge in [-0.3, -0.25) is 10.1 Å². The van der Waals surface area contributed by atoms with Gasteiger partial charge in [0.15, 0.2) is 0 Å². The van der Waals surface area contributed by atoms with Crippen LogP contribution >= 0.6 is 11.3 Å². The Morgan fingerprint density at radius 2 is 2.26 bits per heavy atom. The fraction of sp³-hybridized carbons (Fsp3) is 0.667. The Morgan fingerprint density at radius 3 is 2.84 bits per heavy atom. The molecule has 0 unspecified atom stereocenters. The predicted octanol–water partition coefficient (Wildman–Crippen LogP) is 3.35. The summed E-state index contributed by atoms with van der Waals surface area (Å²) in [5.74, 6) is 0.643. The highest BCUT2D eigenvalue weighted by Gasteiger charge is 2.41. The lowest BCUT2D eigenvalue weighted by Gasteiger charge is -2.38. The lowest BCUT2D eigenvalue weighted by Crippen LogP contribution is -2.54. The standard InChI is InChI=1S/C15H23NO2S/c1-3-18-14(17)15(8-6-12(2)7-9-15)16-11-13-5-4-10-19-13/h4-5,10,12,16H,3,6-9,11H2,1-2H3. The van der Waals surface area contributed by atoms with Crippen molar-refractivity contribution in [1.82, 2.24) is 5.32 Å². The Morgan fingerprint density at radius 1 is 1.53 bits per heavy atom. The van der Waals surface area contributed by atoms with E-state index in [1.807, 2.05) is 13.0 Å². The number of hydrogen-bond donors (Lipinski definition) is 1. The molecule has 0 saturated heterocycles. The monoisotopic (exact) mass is 281 g/mol. The second-order valence-electron chi connectivity index (χ2n) is 5.42. The quantitative estimate of drug-likeness (QED) is 0.841. The normalized spacial score (nSPS) is 27.2. The molecule has 1 heterocycles. The minimum atomic E-state index is -0.466. The molecule has 0 aromatic carbocycles. The van der Waals surface area contributed by atoms with Crippen LogP contribution in [0.1, 0.15) is 44.4 Å². The van der Waals surface area contributed by atoms with Crippen LogP contribution < -0.4 is 5.32 Å². The first-order chi connectivity index (χ1) is 9.16. The summed E-state index contributed by atoms with van der Waals surface area (Å²) in [7, 11) is 0. The van der Waals surface area contributed by atoms with Crippen LogP contribution in [0.4, 0.5) is 0 Å². The highest BCUT2D eigenvalue weighted by Crippen LogP contribution is 2.33. The van der Waals surface area contributed by atoms with E-state index in [0.29, 0.717) is 12.5 Å². The topological polar surface area (TPSA) is 38.3 Å². The maximum absolute atomic E-state index is 12.3. The van der Waals surface area contributed by atoms with Crippen LogP contribution in [0.5, 0.6) is 0 Å². The van der Waals surface area contributed by atoms with E-state index in [9.17, 15) is 4.79 Å². The van der Waals surface area contributed by atoms with Crippen LogP contribution in [0.2, 0.25) is 0 Å². The smallest absolute Gasteiger partial charge is 0.326 e. The van der Waals surface area contributed by atoms with Crippen molar-refractivity contribution in [2.24, 2.45) is 5.92 Å². The molecular weight excluding hydrogens is 258 g/mol. The Kier molecular flexibility index (Phi) is 4.99. The molecule has 3 nitrogen and oxygen atoms in total. The number of esters is 1.